The molecule has 2 aliphatic rings. The van der Waals surface area contributed by atoms with Gasteiger partial charge in [-0.15, -0.1) is 0 Å². The van der Waals surface area contributed by atoms with E-state index in [-0.39, 0.29) is 12.5 Å². The Bertz CT molecular complexity index is 1390. The minimum absolute atomic E-state index is 0.176. The molecule has 0 atom stereocenters. The number of fused-ring (bicyclic) bond motifs is 1. The van der Waals surface area contributed by atoms with Crippen LogP contribution in [0.4, 0.5) is 0 Å². The zero-order valence-corrected chi connectivity index (χ0v) is 19.0. The number of amides is 1. The highest BCUT2D eigenvalue weighted by Gasteiger charge is 2.19. The molecule has 1 aromatic heterocycles. The molecule has 2 N–H and O–H groups in total. The summed E-state index contributed by atoms with van der Waals surface area (Å²) >= 11 is 0. The van der Waals surface area contributed by atoms with E-state index in [0.717, 1.165) is 17.9 Å². The molecule has 1 aliphatic carbocycles. The van der Waals surface area contributed by atoms with E-state index in [0.29, 0.717) is 16.5 Å². The summed E-state index contributed by atoms with van der Waals surface area (Å²) in [5.41, 5.74) is 5.31. The normalized spacial score (nSPS) is 16.4. The lowest BCUT2D eigenvalue weighted by molar-refractivity contribution is 0.0778. The second kappa shape index (κ2) is 9.55. The van der Waals surface area contributed by atoms with Crippen LogP contribution in [0.3, 0.4) is 0 Å². The number of nitrogens with zero attached hydrogens (tertiary/aromatic N) is 2. The monoisotopic (exact) mass is 456 g/mol. The maximum absolute atomic E-state index is 13.1. The number of nitrogens with one attached hydrogen (secondary N) is 2. The van der Waals surface area contributed by atoms with Crippen molar-refractivity contribution in [1.29, 1.82) is 0 Å². The lowest BCUT2D eigenvalue weighted by atomic mass is 9.85. The van der Waals surface area contributed by atoms with E-state index in [9.17, 15) is 14.4 Å². The molecule has 1 aliphatic heterocycles. The summed E-state index contributed by atoms with van der Waals surface area (Å²) < 4.78 is 1.51. The van der Waals surface area contributed by atoms with Crippen LogP contribution in [0.25, 0.3) is 10.9 Å². The molecule has 1 fully saturated rings. The van der Waals surface area contributed by atoms with Crippen molar-refractivity contribution in [2.75, 3.05) is 0 Å². The van der Waals surface area contributed by atoms with E-state index in [1.807, 2.05) is 18.3 Å². The summed E-state index contributed by atoms with van der Waals surface area (Å²) in [6, 6.07) is 14.2. The van der Waals surface area contributed by atoms with E-state index < -0.39 is 11.2 Å². The smallest absolute Gasteiger partial charge is 0.299 e. The summed E-state index contributed by atoms with van der Waals surface area (Å²) in [6.07, 6.45) is 13.3. The van der Waals surface area contributed by atoms with Gasteiger partial charge in [-0.05, 0) is 53.8 Å². The van der Waals surface area contributed by atoms with Crippen LogP contribution in [0, 0.1) is 5.92 Å². The summed E-state index contributed by atoms with van der Waals surface area (Å²) in [7, 11) is 0. The van der Waals surface area contributed by atoms with Gasteiger partial charge in [-0.1, -0.05) is 56.4 Å². The van der Waals surface area contributed by atoms with Crippen LogP contribution in [0.1, 0.15) is 54.4 Å². The van der Waals surface area contributed by atoms with Crippen molar-refractivity contribution in [2.45, 2.75) is 45.1 Å². The molecule has 5 rings (SSSR count). The quantitative estimate of drug-likeness (QED) is 0.606. The number of benzene rings is 2. The number of hydrogen-bond donors (Lipinski definition) is 2. The van der Waals surface area contributed by atoms with Gasteiger partial charge in [-0.25, -0.2) is 9.80 Å². The van der Waals surface area contributed by atoms with Gasteiger partial charge in [-0.2, -0.15) is 0 Å². The average molecular weight is 457 g/mol. The number of para-hydroxylation sites is 1. The fourth-order valence-electron chi connectivity index (χ4n) is 4.92. The van der Waals surface area contributed by atoms with Crippen LogP contribution in [0.2, 0.25) is 0 Å². The van der Waals surface area contributed by atoms with Gasteiger partial charge in [0.05, 0.1) is 17.4 Å². The third-order valence-electron chi connectivity index (χ3n) is 6.71. The van der Waals surface area contributed by atoms with Crippen LogP contribution >= 0.6 is 0 Å². The number of hydrazine groups is 1. The van der Waals surface area contributed by atoms with E-state index in [1.54, 1.807) is 48.7 Å². The largest absolute Gasteiger partial charge is 0.329 e. The molecular weight excluding hydrogens is 428 g/mol. The Morgan fingerprint density at radius 2 is 1.82 bits per heavy atom. The predicted molar refractivity (Wildman–Crippen MR) is 132 cm³/mol. The topological polar surface area (TPSA) is 87.2 Å². The number of rotatable bonds is 5. The molecule has 7 heteroatoms. The van der Waals surface area contributed by atoms with E-state index >= 15 is 0 Å². The molecule has 0 radical (unpaired) electrons. The van der Waals surface area contributed by atoms with Crippen molar-refractivity contribution in [3.05, 3.63) is 105 Å². The molecule has 0 saturated heterocycles. The summed E-state index contributed by atoms with van der Waals surface area (Å²) in [4.78, 5) is 40.1. The number of H-pyrrole nitrogens is 1. The first-order valence-corrected chi connectivity index (χ1v) is 11.9. The van der Waals surface area contributed by atoms with Crippen molar-refractivity contribution in [2.24, 2.45) is 5.92 Å². The van der Waals surface area contributed by atoms with Crippen molar-refractivity contribution in [1.82, 2.24) is 20.0 Å². The van der Waals surface area contributed by atoms with Gasteiger partial charge < -0.3 is 0 Å². The van der Waals surface area contributed by atoms with Gasteiger partial charge in [0.15, 0.2) is 0 Å². The van der Waals surface area contributed by atoms with E-state index in [4.69, 9.17) is 0 Å². The molecular formula is C27H28N4O3. The maximum Gasteiger partial charge on any atom is 0.329 e. The van der Waals surface area contributed by atoms with Crippen LogP contribution < -0.4 is 16.7 Å². The number of hydrogen-bond acceptors (Lipinski definition) is 4. The van der Waals surface area contributed by atoms with Gasteiger partial charge in [0.2, 0.25) is 0 Å². The SMILES string of the molecule is O=C(c1cccc(Cn2c(=O)[nH]c(=O)c3ccccc32)c1)N1C=CC(CC2CCCCC2)=CN1. The van der Waals surface area contributed by atoms with E-state index in [2.05, 4.69) is 10.4 Å². The van der Waals surface area contributed by atoms with Crippen molar-refractivity contribution in [3.8, 4) is 0 Å². The summed E-state index contributed by atoms with van der Waals surface area (Å²) in [5, 5.41) is 1.93. The maximum atomic E-state index is 13.1. The number of carbonyl (C=O) groups is 1. The molecule has 3 aromatic rings. The number of aromatic nitrogens is 2. The molecule has 2 heterocycles. The Morgan fingerprint density at radius 1 is 1.00 bits per heavy atom. The van der Waals surface area contributed by atoms with Gasteiger partial charge in [0.1, 0.15) is 0 Å². The summed E-state index contributed by atoms with van der Waals surface area (Å²) in [5.74, 6) is 0.558. The zero-order chi connectivity index (χ0) is 23.5. The van der Waals surface area contributed by atoms with Crippen LogP contribution in [0.15, 0.2) is 82.2 Å². The standard InChI is InChI=1S/C27H28N4O3/c32-25-23-11-4-5-12-24(23)30(27(34)29-25)18-21-9-6-10-22(16-21)26(33)31-14-13-20(17-28-31)15-19-7-2-1-3-8-19/h4-6,9-14,16-17,19,28H,1-3,7-8,15,18H2,(H,29,32,34). The van der Waals surface area contributed by atoms with Crippen LogP contribution in [-0.2, 0) is 6.54 Å². The Morgan fingerprint density at radius 3 is 2.62 bits per heavy atom. The lowest BCUT2D eigenvalue weighted by Crippen LogP contribution is -2.37. The molecule has 1 amide bonds. The van der Waals surface area contributed by atoms with Crippen molar-refractivity contribution >= 4 is 16.8 Å². The number of allylic oxidation sites excluding steroid dienone is 2. The second-order valence-electron chi connectivity index (χ2n) is 9.11. The third kappa shape index (κ3) is 4.59. The molecule has 34 heavy (non-hydrogen) atoms. The molecule has 174 valence electrons. The van der Waals surface area contributed by atoms with Gasteiger partial charge in [0, 0.05) is 18.0 Å². The highest BCUT2D eigenvalue weighted by molar-refractivity contribution is 5.95. The molecule has 0 spiro atoms. The Kier molecular flexibility index (Phi) is 6.16. The second-order valence-corrected chi connectivity index (χ2v) is 9.11. The number of carbonyl (C=O) groups excluding carboxylic acids is 1. The Hall–Kier alpha value is -3.87. The van der Waals surface area contributed by atoms with Crippen molar-refractivity contribution in [3.63, 3.8) is 0 Å². The molecule has 0 unspecified atom stereocenters. The molecule has 0 bridgehead atoms. The molecule has 2 aromatic carbocycles. The Labute approximate surface area is 197 Å². The lowest BCUT2D eigenvalue weighted by Gasteiger charge is -2.26. The van der Waals surface area contributed by atoms with Gasteiger partial charge in [0.25, 0.3) is 11.5 Å². The van der Waals surface area contributed by atoms with Crippen LogP contribution in [-0.4, -0.2) is 20.5 Å². The zero-order valence-electron chi connectivity index (χ0n) is 19.0. The van der Waals surface area contributed by atoms with Crippen molar-refractivity contribution < 1.29 is 4.79 Å². The van der Waals surface area contributed by atoms with Gasteiger partial charge in [-0.3, -0.25) is 24.6 Å². The molecule has 1 saturated carbocycles. The first-order chi connectivity index (χ1) is 16.6. The number of aromatic amines is 1. The molecule has 7 nitrogen and oxygen atoms in total. The highest BCUT2D eigenvalue weighted by atomic mass is 16.2. The van der Waals surface area contributed by atoms with Crippen LogP contribution in [0.5, 0.6) is 0 Å². The third-order valence-corrected chi connectivity index (χ3v) is 6.71. The first kappa shape index (κ1) is 21.9. The fourth-order valence-corrected chi connectivity index (χ4v) is 4.92. The van der Waals surface area contributed by atoms with Gasteiger partial charge >= 0.3 is 5.69 Å². The average Bonchev–Trinajstić information content (AvgIpc) is 2.87. The summed E-state index contributed by atoms with van der Waals surface area (Å²) in [6.45, 7) is 0.242. The predicted octanol–water partition coefficient (Wildman–Crippen LogP) is 4.07. The minimum Gasteiger partial charge on any atom is -0.299 e. The minimum atomic E-state index is -0.475. The highest BCUT2D eigenvalue weighted by Crippen LogP contribution is 2.29. The van der Waals surface area contributed by atoms with E-state index in [1.165, 1.54) is 47.3 Å². The Balaban J connectivity index is 1.31. The first-order valence-electron chi connectivity index (χ1n) is 11.9. The fraction of sp³-hybridized carbons (Fsp3) is 0.296.